The van der Waals surface area contributed by atoms with Crippen LogP contribution >= 0.6 is 22.9 Å². The number of aromatic nitrogens is 1. The molecule has 114 valence electrons. The molecule has 1 aromatic heterocycles. The average Bonchev–Trinajstić information content (AvgIpc) is 2.91. The highest BCUT2D eigenvalue weighted by Gasteiger charge is 2.13. The van der Waals surface area contributed by atoms with E-state index < -0.39 is 0 Å². The van der Waals surface area contributed by atoms with Crippen LogP contribution in [-0.4, -0.2) is 23.5 Å². The average molecular weight is 324 g/mol. The highest BCUT2D eigenvalue weighted by molar-refractivity contribution is 7.15. The van der Waals surface area contributed by atoms with Gasteiger partial charge in [-0.05, 0) is 38.1 Å². The maximum absolute atomic E-state index is 6.07. The topological polar surface area (TPSA) is 28.2 Å². The summed E-state index contributed by atoms with van der Waals surface area (Å²) in [6.45, 7) is 6.21. The van der Waals surface area contributed by atoms with Crippen molar-refractivity contribution >= 4 is 28.1 Å². The van der Waals surface area contributed by atoms with Crippen molar-refractivity contribution in [2.24, 2.45) is 0 Å². The third-order valence-electron chi connectivity index (χ3n) is 3.48. The predicted molar refractivity (Wildman–Crippen MR) is 92.2 cm³/mol. The zero-order valence-corrected chi connectivity index (χ0v) is 14.3. The van der Waals surface area contributed by atoms with E-state index in [4.69, 9.17) is 11.6 Å². The molecule has 0 radical (unpaired) electrons. The van der Waals surface area contributed by atoms with Crippen LogP contribution in [0.3, 0.4) is 0 Å². The zero-order chi connectivity index (χ0) is 15.2. The van der Waals surface area contributed by atoms with E-state index in [0.29, 0.717) is 6.04 Å². The fraction of sp³-hybridized carbons (Fsp3) is 0.438. The van der Waals surface area contributed by atoms with Gasteiger partial charge in [0.2, 0.25) is 0 Å². The van der Waals surface area contributed by atoms with Gasteiger partial charge in [0.1, 0.15) is 0 Å². The van der Waals surface area contributed by atoms with Crippen LogP contribution in [-0.2, 0) is 6.54 Å². The van der Waals surface area contributed by atoms with Crippen molar-refractivity contribution in [3.05, 3.63) is 45.9 Å². The quantitative estimate of drug-likeness (QED) is 0.792. The number of anilines is 1. The first-order valence-corrected chi connectivity index (χ1v) is 8.44. The summed E-state index contributed by atoms with van der Waals surface area (Å²) in [6, 6.07) is 8.38. The van der Waals surface area contributed by atoms with Crippen LogP contribution in [0.1, 0.15) is 36.8 Å². The third kappa shape index (κ3) is 4.70. The Bertz CT molecular complexity index is 570. The Hall–Kier alpha value is -1.10. The van der Waals surface area contributed by atoms with Gasteiger partial charge in [-0.15, -0.1) is 11.3 Å². The molecule has 3 nitrogen and oxygen atoms in total. The van der Waals surface area contributed by atoms with Crippen molar-refractivity contribution in [1.82, 2.24) is 9.88 Å². The molecule has 0 bridgehead atoms. The molecule has 1 N–H and O–H groups in total. The minimum atomic E-state index is 0.317. The summed E-state index contributed by atoms with van der Waals surface area (Å²) in [6.07, 6.45) is 3.07. The Morgan fingerprint density at radius 3 is 2.95 bits per heavy atom. The van der Waals surface area contributed by atoms with Gasteiger partial charge in [-0.2, -0.15) is 0 Å². The first-order chi connectivity index (χ1) is 10.1. The Morgan fingerprint density at radius 2 is 2.24 bits per heavy atom. The lowest BCUT2D eigenvalue weighted by molar-refractivity contribution is 0.255. The summed E-state index contributed by atoms with van der Waals surface area (Å²) in [7, 11) is 2.13. The van der Waals surface area contributed by atoms with Crippen molar-refractivity contribution in [3.63, 3.8) is 0 Å². The molecular formula is C16H22ClN3S. The van der Waals surface area contributed by atoms with Gasteiger partial charge < -0.3 is 5.32 Å². The molecule has 0 saturated heterocycles. The smallest absolute Gasteiger partial charge is 0.182 e. The number of nitrogens with one attached hydrogen (secondary N) is 1. The summed E-state index contributed by atoms with van der Waals surface area (Å²) in [5.41, 5.74) is 1.24. The molecular weight excluding hydrogens is 302 g/mol. The molecule has 0 aliphatic carbocycles. The van der Waals surface area contributed by atoms with E-state index in [0.717, 1.165) is 29.7 Å². The van der Waals surface area contributed by atoms with E-state index in [1.165, 1.54) is 10.4 Å². The van der Waals surface area contributed by atoms with Gasteiger partial charge in [-0.1, -0.05) is 30.7 Å². The zero-order valence-electron chi connectivity index (χ0n) is 12.8. The second kappa shape index (κ2) is 7.78. The highest BCUT2D eigenvalue weighted by atomic mass is 35.5. The normalized spacial score (nSPS) is 12.6. The molecule has 1 aromatic carbocycles. The van der Waals surface area contributed by atoms with Crippen LogP contribution in [0.4, 0.5) is 5.13 Å². The van der Waals surface area contributed by atoms with Crippen LogP contribution in [0.25, 0.3) is 0 Å². The number of rotatable bonds is 7. The number of hydrogen-bond acceptors (Lipinski definition) is 4. The predicted octanol–water partition coefficient (Wildman–Crippen LogP) is 4.81. The number of halogens is 1. The van der Waals surface area contributed by atoms with Gasteiger partial charge in [-0.25, -0.2) is 4.98 Å². The van der Waals surface area contributed by atoms with Gasteiger partial charge in [0, 0.05) is 35.2 Å². The standard InChI is InChI=1S/C16H22ClN3S/c1-4-8-18-16-19-10-15(21-16)11-20(3)12(2)13-6-5-7-14(17)9-13/h5-7,9-10,12H,4,8,11H2,1-3H3,(H,18,19). The first-order valence-electron chi connectivity index (χ1n) is 7.24. The summed E-state index contributed by atoms with van der Waals surface area (Å²) in [4.78, 5) is 7.99. The maximum atomic E-state index is 6.07. The number of thiazole rings is 1. The van der Waals surface area contributed by atoms with Crippen molar-refractivity contribution < 1.29 is 0 Å². The van der Waals surface area contributed by atoms with Crippen LogP contribution in [0.15, 0.2) is 30.5 Å². The van der Waals surface area contributed by atoms with E-state index in [9.17, 15) is 0 Å². The minimum absolute atomic E-state index is 0.317. The van der Waals surface area contributed by atoms with E-state index in [2.05, 4.69) is 42.2 Å². The molecule has 1 unspecified atom stereocenters. The van der Waals surface area contributed by atoms with Crippen molar-refractivity contribution in [2.45, 2.75) is 32.9 Å². The van der Waals surface area contributed by atoms with Crippen LogP contribution in [0.2, 0.25) is 5.02 Å². The second-order valence-electron chi connectivity index (χ2n) is 5.20. The van der Waals surface area contributed by atoms with Crippen molar-refractivity contribution in [1.29, 1.82) is 0 Å². The van der Waals surface area contributed by atoms with E-state index >= 15 is 0 Å². The number of hydrogen-bond donors (Lipinski definition) is 1. The molecule has 0 aliphatic rings. The molecule has 0 saturated carbocycles. The van der Waals surface area contributed by atoms with Crippen LogP contribution < -0.4 is 5.32 Å². The van der Waals surface area contributed by atoms with E-state index in [1.54, 1.807) is 11.3 Å². The lowest BCUT2D eigenvalue weighted by atomic mass is 10.1. The summed E-state index contributed by atoms with van der Waals surface area (Å²) in [5.74, 6) is 0. The van der Waals surface area contributed by atoms with Gasteiger partial charge in [0.05, 0.1) is 0 Å². The van der Waals surface area contributed by atoms with E-state index in [-0.39, 0.29) is 0 Å². The Kier molecular flexibility index (Phi) is 6.03. The molecule has 0 aliphatic heterocycles. The molecule has 21 heavy (non-hydrogen) atoms. The van der Waals surface area contributed by atoms with Crippen molar-refractivity contribution in [2.75, 3.05) is 18.9 Å². The fourth-order valence-electron chi connectivity index (χ4n) is 2.10. The molecule has 1 atom stereocenters. The monoisotopic (exact) mass is 323 g/mol. The van der Waals surface area contributed by atoms with Crippen molar-refractivity contribution in [3.8, 4) is 0 Å². The van der Waals surface area contributed by atoms with Gasteiger partial charge >= 0.3 is 0 Å². The van der Waals surface area contributed by atoms with Crippen LogP contribution in [0.5, 0.6) is 0 Å². The molecule has 2 aromatic rings. The minimum Gasteiger partial charge on any atom is -0.362 e. The van der Waals surface area contributed by atoms with Gasteiger partial charge in [0.15, 0.2) is 5.13 Å². The van der Waals surface area contributed by atoms with E-state index in [1.807, 2.05) is 24.4 Å². The number of nitrogens with zero attached hydrogens (tertiary/aromatic N) is 2. The van der Waals surface area contributed by atoms with Gasteiger partial charge in [-0.3, -0.25) is 4.90 Å². The SMILES string of the molecule is CCCNc1ncc(CN(C)C(C)c2cccc(Cl)c2)s1. The van der Waals surface area contributed by atoms with Crippen LogP contribution in [0, 0.1) is 0 Å². The third-order valence-corrected chi connectivity index (χ3v) is 4.65. The van der Waals surface area contributed by atoms with Gasteiger partial charge in [0.25, 0.3) is 0 Å². The summed E-state index contributed by atoms with van der Waals surface area (Å²) in [5, 5.41) is 5.13. The molecule has 0 fully saturated rings. The fourth-order valence-corrected chi connectivity index (χ4v) is 3.20. The Balaban J connectivity index is 1.97. The highest BCUT2D eigenvalue weighted by Crippen LogP contribution is 2.25. The second-order valence-corrected chi connectivity index (χ2v) is 6.76. The molecule has 0 spiro atoms. The molecule has 2 rings (SSSR count). The largest absolute Gasteiger partial charge is 0.362 e. The molecule has 0 amide bonds. The first kappa shape index (κ1) is 16.3. The molecule has 5 heteroatoms. The lowest BCUT2D eigenvalue weighted by Crippen LogP contribution is -2.21. The Labute approximate surface area is 136 Å². The lowest BCUT2D eigenvalue weighted by Gasteiger charge is -2.24. The molecule has 1 heterocycles. The number of benzene rings is 1. The summed E-state index contributed by atoms with van der Waals surface area (Å²) >= 11 is 7.80. The Morgan fingerprint density at radius 1 is 1.43 bits per heavy atom. The summed E-state index contributed by atoms with van der Waals surface area (Å²) < 4.78 is 0. The maximum Gasteiger partial charge on any atom is 0.182 e.